The van der Waals surface area contributed by atoms with E-state index in [2.05, 4.69) is 37.1 Å². The molecule has 0 aliphatic carbocycles. The fraction of sp³-hybridized carbons (Fsp3) is 0.214. The molecule has 0 aliphatic heterocycles. The average Bonchev–Trinajstić information content (AvgIpc) is 2.82. The van der Waals surface area contributed by atoms with E-state index in [1.807, 2.05) is 6.07 Å². The van der Waals surface area contributed by atoms with Crippen molar-refractivity contribution in [3.8, 4) is 23.8 Å². The van der Waals surface area contributed by atoms with Crippen LogP contribution in [0.2, 0.25) is 0 Å². The van der Waals surface area contributed by atoms with Crippen molar-refractivity contribution in [2.24, 2.45) is 5.10 Å². The lowest BCUT2D eigenvalue weighted by molar-refractivity contribution is 0.329. The van der Waals surface area contributed by atoms with Crippen LogP contribution in [0.3, 0.4) is 0 Å². The molecule has 0 radical (unpaired) electrons. The van der Waals surface area contributed by atoms with Crippen molar-refractivity contribution in [1.82, 2.24) is 14.9 Å². The zero-order valence-corrected chi connectivity index (χ0v) is 14.4. The standard InChI is InChI=1S/C14H13BrN4O2S/c1-4-5-21-13-11(15)6-10(7-12(13)20-3)8-16-19-9(2)17-18-14(19)22/h1,6-8H,5H2,2-3H3,(H,18,22)/b16-8-. The molecule has 1 aromatic carbocycles. The van der Waals surface area contributed by atoms with Crippen LogP contribution < -0.4 is 9.47 Å². The lowest BCUT2D eigenvalue weighted by Gasteiger charge is -2.11. The monoisotopic (exact) mass is 380 g/mol. The van der Waals surface area contributed by atoms with Gasteiger partial charge in [-0.3, -0.25) is 5.10 Å². The summed E-state index contributed by atoms with van der Waals surface area (Å²) >= 11 is 8.53. The Bertz CT molecular complexity index is 804. The van der Waals surface area contributed by atoms with Crippen LogP contribution in [0, 0.1) is 24.0 Å². The van der Waals surface area contributed by atoms with Gasteiger partial charge in [0.2, 0.25) is 4.77 Å². The van der Waals surface area contributed by atoms with Gasteiger partial charge in [0.25, 0.3) is 0 Å². The number of hydrogen-bond donors (Lipinski definition) is 1. The Labute approximate surface area is 141 Å². The van der Waals surface area contributed by atoms with Gasteiger partial charge in [-0.05, 0) is 52.8 Å². The first-order valence-corrected chi connectivity index (χ1v) is 7.39. The summed E-state index contributed by atoms with van der Waals surface area (Å²) in [6, 6.07) is 3.63. The van der Waals surface area contributed by atoms with Crippen molar-refractivity contribution in [3.05, 3.63) is 32.8 Å². The maximum Gasteiger partial charge on any atom is 0.216 e. The molecule has 0 saturated carbocycles. The van der Waals surface area contributed by atoms with Gasteiger partial charge in [-0.25, -0.2) is 0 Å². The van der Waals surface area contributed by atoms with E-state index in [0.29, 0.717) is 22.1 Å². The lowest BCUT2D eigenvalue weighted by atomic mass is 10.2. The lowest BCUT2D eigenvalue weighted by Crippen LogP contribution is -1.99. The Morgan fingerprint density at radius 3 is 2.95 bits per heavy atom. The Morgan fingerprint density at radius 1 is 1.59 bits per heavy atom. The number of nitrogens with zero attached hydrogens (tertiary/aromatic N) is 3. The molecule has 2 aromatic rings. The molecule has 1 aromatic heterocycles. The highest BCUT2D eigenvalue weighted by atomic mass is 79.9. The minimum atomic E-state index is 0.159. The molecule has 6 nitrogen and oxygen atoms in total. The van der Waals surface area contributed by atoms with Gasteiger partial charge in [0.15, 0.2) is 11.5 Å². The van der Waals surface area contributed by atoms with E-state index in [1.54, 1.807) is 26.3 Å². The summed E-state index contributed by atoms with van der Waals surface area (Å²) in [5, 5.41) is 10.9. The van der Waals surface area contributed by atoms with Gasteiger partial charge in [-0.15, -0.1) is 6.42 Å². The molecule has 0 spiro atoms. The summed E-state index contributed by atoms with van der Waals surface area (Å²) in [6.45, 7) is 1.96. The zero-order chi connectivity index (χ0) is 16.1. The van der Waals surface area contributed by atoms with Crippen LogP contribution in [0.5, 0.6) is 11.5 Å². The highest BCUT2D eigenvalue weighted by Gasteiger charge is 2.11. The van der Waals surface area contributed by atoms with Crippen LogP contribution in [-0.4, -0.2) is 34.8 Å². The molecule has 0 unspecified atom stereocenters. The minimum Gasteiger partial charge on any atom is -0.493 e. The van der Waals surface area contributed by atoms with Crippen LogP contribution in [0.25, 0.3) is 0 Å². The number of terminal acetylenes is 1. The van der Waals surface area contributed by atoms with Gasteiger partial charge in [-0.1, -0.05) is 5.92 Å². The van der Waals surface area contributed by atoms with Crippen LogP contribution in [0.4, 0.5) is 0 Å². The van der Waals surface area contributed by atoms with Gasteiger partial charge in [0.1, 0.15) is 12.4 Å². The number of methoxy groups -OCH3 is 1. The number of aromatic amines is 1. The second-order valence-electron chi connectivity index (χ2n) is 4.16. The average molecular weight is 381 g/mol. The number of nitrogens with one attached hydrogen (secondary N) is 1. The second-order valence-corrected chi connectivity index (χ2v) is 5.40. The Kier molecular flexibility index (Phi) is 5.35. The SMILES string of the molecule is C#CCOc1c(Br)cc(/C=N\n2c(C)n[nH]c2=S)cc1OC. The molecule has 1 N–H and O–H groups in total. The number of H-pyrrole nitrogens is 1. The van der Waals surface area contributed by atoms with Crippen molar-refractivity contribution in [2.45, 2.75) is 6.92 Å². The molecule has 0 fully saturated rings. The van der Waals surface area contributed by atoms with Crippen molar-refractivity contribution in [3.63, 3.8) is 0 Å². The maximum absolute atomic E-state index is 5.46. The van der Waals surface area contributed by atoms with Crippen molar-refractivity contribution < 1.29 is 9.47 Å². The molecule has 2 rings (SSSR count). The Morgan fingerprint density at radius 2 is 2.36 bits per heavy atom. The number of hydrogen-bond acceptors (Lipinski definition) is 5. The molecule has 8 heteroatoms. The number of benzene rings is 1. The molecular formula is C14H13BrN4O2S. The van der Waals surface area contributed by atoms with E-state index in [1.165, 1.54) is 4.68 Å². The molecule has 22 heavy (non-hydrogen) atoms. The number of rotatable bonds is 5. The predicted octanol–water partition coefficient (Wildman–Crippen LogP) is 2.91. The molecule has 114 valence electrons. The molecule has 0 saturated heterocycles. The zero-order valence-electron chi connectivity index (χ0n) is 12.0. The van der Waals surface area contributed by atoms with Gasteiger partial charge in [0, 0.05) is 0 Å². The van der Waals surface area contributed by atoms with E-state index < -0.39 is 0 Å². The Hall–Kier alpha value is -2.11. The summed E-state index contributed by atoms with van der Waals surface area (Å²) in [6.07, 6.45) is 6.85. The smallest absolute Gasteiger partial charge is 0.216 e. The first-order valence-electron chi connectivity index (χ1n) is 6.19. The number of halogens is 1. The topological polar surface area (TPSA) is 64.4 Å². The first kappa shape index (κ1) is 16.3. The molecule has 0 atom stereocenters. The van der Waals surface area contributed by atoms with Crippen LogP contribution >= 0.6 is 28.1 Å². The third-order valence-corrected chi connectivity index (χ3v) is 3.54. The summed E-state index contributed by atoms with van der Waals surface area (Å²) < 4.78 is 13.4. The van der Waals surface area contributed by atoms with Gasteiger partial charge in [0.05, 0.1) is 17.8 Å². The van der Waals surface area contributed by atoms with Crippen LogP contribution in [0.15, 0.2) is 21.7 Å². The van der Waals surface area contributed by atoms with E-state index in [0.717, 1.165) is 10.0 Å². The third kappa shape index (κ3) is 3.55. The highest BCUT2D eigenvalue weighted by molar-refractivity contribution is 9.10. The quantitative estimate of drug-likeness (QED) is 0.492. The van der Waals surface area contributed by atoms with Gasteiger partial charge in [-0.2, -0.15) is 14.9 Å². The summed E-state index contributed by atoms with van der Waals surface area (Å²) in [4.78, 5) is 0. The van der Waals surface area contributed by atoms with Crippen LogP contribution in [0.1, 0.15) is 11.4 Å². The minimum absolute atomic E-state index is 0.159. The van der Waals surface area contributed by atoms with Crippen molar-refractivity contribution >= 4 is 34.4 Å². The molecule has 0 amide bonds. The normalized spacial score (nSPS) is 10.6. The maximum atomic E-state index is 5.46. The number of ether oxygens (including phenoxy) is 2. The molecule has 0 aliphatic rings. The molecule has 1 heterocycles. The Balaban J connectivity index is 2.35. The highest BCUT2D eigenvalue weighted by Crippen LogP contribution is 2.36. The van der Waals surface area contributed by atoms with Gasteiger partial charge >= 0.3 is 0 Å². The van der Waals surface area contributed by atoms with E-state index in [9.17, 15) is 0 Å². The van der Waals surface area contributed by atoms with Gasteiger partial charge < -0.3 is 9.47 Å². The van der Waals surface area contributed by atoms with E-state index in [-0.39, 0.29) is 6.61 Å². The summed E-state index contributed by atoms with van der Waals surface area (Å²) in [5.74, 6) is 4.19. The fourth-order valence-corrected chi connectivity index (χ4v) is 2.50. The molecular weight excluding hydrogens is 368 g/mol. The third-order valence-electron chi connectivity index (χ3n) is 2.69. The first-order chi connectivity index (χ1) is 10.6. The van der Waals surface area contributed by atoms with E-state index >= 15 is 0 Å². The number of aryl methyl sites for hydroxylation is 1. The summed E-state index contributed by atoms with van der Waals surface area (Å²) in [5.41, 5.74) is 0.805. The van der Waals surface area contributed by atoms with Crippen LogP contribution in [-0.2, 0) is 0 Å². The second kappa shape index (κ2) is 7.24. The van der Waals surface area contributed by atoms with Crippen molar-refractivity contribution in [2.75, 3.05) is 13.7 Å². The van der Waals surface area contributed by atoms with Crippen molar-refractivity contribution in [1.29, 1.82) is 0 Å². The predicted molar refractivity (Wildman–Crippen MR) is 90.2 cm³/mol. The molecule has 0 bridgehead atoms. The summed E-state index contributed by atoms with van der Waals surface area (Å²) in [7, 11) is 1.56. The number of aromatic nitrogens is 3. The fourth-order valence-electron chi connectivity index (χ4n) is 1.70. The van der Waals surface area contributed by atoms with E-state index in [4.69, 9.17) is 28.1 Å². The largest absolute Gasteiger partial charge is 0.493 e.